The van der Waals surface area contributed by atoms with Gasteiger partial charge in [0.15, 0.2) is 0 Å². The summed E-state index contributed by atoms with van der Waals surface area (Å²) in [7, 11) is 0. The molecule has 0 aliphatic heterocycles. The minimum Gasteiger partial charge on any atom is -0.392 e. The van der Waals surface area contributed by atoms with Crippen molar-refractivity contribution in [3.05, 3.63) is 29.3 Å². The van der Waals surface area contributed by atoms with E-state index in [1.54, 1.807) is 11.3 Å². The molecular weight excluding hydrogens is 208 g/mol. The van der Waals surface area contributed by atoms with E-state index in [9.17, 15) is 5.11 Å². The number of benzene rings is 1. The number of nitrogens with zero attached hydrogens (tertiary/aromatic N) is 1. The van der Waals surface area contributed by atoms with Crippen LogP contribution in [0.25, 0.3) is 10.2 Å². The summed E-state index contributed by atoms with van der Waals surface area (Å²) in [5.74, 6) is 0. The molecule has 80 valence electrons. The van der Waals surface area contributed by atoms with Crippen LogP contribution in [-0.4, -0.2) is 22.7 Å². The van der Waals surface area contributed by atoms with Gasteiger partial charge in [0.05, 0.1) is 21.3 Å². The number of aromatic nitrogens is 1. The first-order valence-corrected chi connectivity index (χ1v) is 5.84. The highest BCUT2D eigenvalue weighted by molar-refractivity contribution is 7.18. The summed E-state index contributed by atoms with van der Waals surface area (Å²) in [6.45, 7) is 0.324. The van der Waals surface area contributed by atoms with Gasteiger partial charge in [0.2, 0.25) is 0 Å². The fraction of sp³-hybridized carbons (Fsp3) is 0.364. The van der Waals surface area contributed by atoms with E-state index in [2.05, 4.69) is 11.1 Å². The maximum Gasteiger partial charge on any atom is 0.0939 e. The lowest BCUT2D eigenvalue weighted by atomic mass is 10.2. The van der Waals surface area contributed by atoms with Gasteiger partial charge < -0.3 is 10.8 Å². The third kappa shape index (κ3) is 2.53. The number of aliphatic hydroxyl groups excluding tert-OH is 1. The van der Waals surface area contributed by atoms with E-state index in [0.717, 1.165) is 16.9 Å². The van der Waals surface area contributed by atoms with Crippen LogP contribution >= 0.6 is 11.3 Å². The molecule has 2 aromatic rings. The number of aryl methyl sites for hydroxylation is 1. The minimum atomic E-state index is -0.406. The highest BCUT2D eigenvalue weighted by Crippen LogP contribution is 2.22. The second kappa shape index (κ2) is 4.70. The molecule has 0 bridgehead atoms. The molecule has 0 saturated carbocycles. The Kier molecular flexibility index (Phi) is 3.30. The van der Waals surface area contributed by atoms with Crippen molar-refractivity contribution in [3.8, 4) is 0 Å². The zero-order valence-electron chi connectivity index (χ0n) is 8.39. The first kappa shape index (κ1) is 10.5. The molecule has 1 aromatic carbocycles. The van der Waals surface area contributed by atoms with Gasteiger partial charge in [-0.05, 0) is 18.6 Å². The summed E-state index contributed by atoms with van der Waals surface area (Å²) in [5, 5.41) is 10.4. The zero-order chi connectivity index (χ0) is 10.7. The van der Waals surface area contributed by atoms with E-state index in [4.69, 9.17) is 5.73 Å². The Labute approximate surface area is 92.6 Å². The van der Waals surface area contributed by atoms with Crippen LogP contribution in [0.2, 0.25) is 0 Å². The van der Waals surface area contributed by atoms with Crippen molar-refractivity contribution in [2.24, 2.45) is 5.73 Å². The van der Waals surface area contributed by atoms with Crippen molar-refractivity contribution < 1.29 is 5.11 Å². The molecule has 3 nitrogen and oxygen atoms in total. The Hall–Kier alpha value is -0.970. The molecule has 0 amide bonds. The summed E-state index contributed by atoms with van der Waals surface area (Å²) in [4.78, 5) is 4.49. The Bertz CT molecular complexity index is 408. The standard InChI is InChI=1S/C11H14N2OS/c12-7-8(14)5-6-11-13-9-3-1-2-4-10(9)15-11/h1-4,8,14H,5-7,12H2/t8-/m1/s1. The number of hydrogen-bond acceptors (Lipinski definition) is 4. The second-order valence-electron chi connectivity index (χ2n) is 3.50. The second-order valence-corrected chi connectivity index (χ2v) is 4.62. The number of aliphatic hydroxyl groups is 1. The van der Waals surface area contributed by atoms with Gasteiger partial charge >= 0.3 is 0 Å². The van der Waals surface area contributed by atoms with E-state index < -0.39 is 6.10 Å². The molecule has 3 N–H and O–H groups in total. The number of fused-ring (bicyclic) bond motifs is 1. The van der Waals surface area contributed by atoms with Gasteiger partial charge in [0, 0.05) is 13.0 Å². The van der Waals surface area contributed by atoms with E-state index in [1.807, 2.05) is 18.2 Å². The van der Waals surface area contributed by atoms with Crippen LogP contribution in [0.15, 0.2) is 24.3 Å². The Morgan fingerprint density at radius 1 is 1.40 bits per heavy atom. The average molecular weight is 222 g/mol. The third-order valence-electron chi connectivity index (χ3n) is 2.30. The summed E-state index contributed by atoms with van der Waals surface area (Å²) in [6.07, 6.45) is 1.09. The van der Waals surface area contributed by atoms with Crippen molar-refractivity contribution in [1.29, 1.82) is 0 Å². The first-order valence-electron chi connectivity index (χ1n) is 5.02. The predicted molar refractivity (Wildman–Crippen MR) is 63.0 cm³/mol. The first-order chi connectivity index (χ1) is 7.29. The highest BCUT2D eigenvalue weighted by atomic mass is 32.1. The van der Waals surface area contributed by atoms with E-state index in [1.165, 1.54) is 4.70 Å². The molecular formula is C11H14N2OS. The number of thiazole rings is 1. The van der Waals surface area contributed by atoms with Crippen LogP contribution in [-0.2, 0) is 6.42 Å². The van der Waals surface area contributed by atoms with Crippen molar-refractivity contribution in [2.75, 3.05) is 6.54 Å². The summed E-state index contributed by atoms with van der Waals surface area (Å²) in [5.41, 5.74) is 6.39. The van der Waals surface area contributed by atoms with Gasteiger partial charge in [-0.1, -0.05) is 12.1 Å². The fourth-order valence-electron chi connectivity index (χ4n) is 1.43. The van der Waals surface area contributed by atoms with Crippen molar-refractivity contribution >= 4 is 21.6 Å². The van der Waals surface area contributed by atoms with E-state index in [-0.39, 0.29) is 0 Å². The van der Waals surface area contributed by atoms with Gasteiger partial charge in [-0.3, -0.25) is 0 Å². The maximum atomic E-state index is 9.35. The Balaban J connectivity index is 2.09. The molecule has 0 radical (unpaired) electrons. The lowest BCUT2D eigenvalue weighted by Crippen LogP contribution is -2.19. The van der Waals surface area contributed by atoms with Crippen LogP contribution in [0.5, 0.6) is 0 Å². The SMILES string of the molecule is NC[C@H](O)CCc1nc2ccccc2s1. The molecule has 15 heavy (non-hydrogen) atoms. The zero-order valence-corrected chi connectivity index (χ0v) is 9.20. The molecule has 0 unspecified atom stereocenters. The van der Waals surface area contributed by atoms with Crippen LogP contribution in [0.3, 0.4) is 0 Å². The third-order valence-corrected chi connectivity index (χ3v) is 3.40. The van der Waals surface area contributed by atoms with Gasteiger partial charge in [-0.25, -0.2) is 4.98 Å². The summed E-state index contributed by atoms with van der Waals surface area (Å²) in [6, 6.07) is 8.07. The Morgan fingerprint density at radius 2 is 2.20 bits per heavy atom. The predicted octanol–water partition coefficient (Wildman–Crippen LogP) is 1.55. The molecule has 0 spiro atoms. The molecule has 1 heterocycles. The number of para-hydroxylation sites is 1. The van der Waals surface area contributed by atoms with Crippen molar-refractivity contribution in [3.63, 3.8) is 0 Å². The largest absolute Gasteiger partial charge is 0.392 e. The molecule has 1 aromatic heterocycles. The molecule has 0 aliphatic rings. The lowest BCUT2D eigenvalue weighted by molar-refractivity contribution is 0.173. The highest BCUT2D eigenvalue weighted by Gasteiger charge is 2.06. The van der Waals surface area contributed by atoms with Crippen LogP contribution in [0.4, 0.5) is 0 Å². The van der Waals surface area contributed by atoms with E-state index in [0.29, 0.717) is 13.0 Å². The van der Waals surface area contributed by atoms with Crippen molar-refractivity contribution in [1.82, 2.24) is 4.98 Å². The maximum absolute atomic E-state index is 9.35. The van der Waals surface area contributed by atoms with Gasteiger partial charge in [0.1, 0.15) is 0 Å². The molecule has 4 heteroatoms. The smallest absolute Gasteiger partial charge is 0.0939 e. The number of nitrogens with two attached hydrogens (primary N) is 1. The Morgan fingerprint density at radius 3 is 2.93 bits per heavy atom. The van der Waals surface area contributed by atoms with Crippen LogP contribution in [0.1, 0.15) is 11.4 Å². The quantitative estimate of drug-likeness (QED) is 0.825. The molecule has 1 atom stereocenters. The van der Waals surface area contributed by atoms with E-state index >= 15 is 0 Å². The lowest BCUT2D eigenvalue weighted by Gasteiger charge is -2.04. The fourth-order valence-corrected chi connectivity index (χ4v) is 2.42. The topological polar surface area (TPSA) is 59.1 Å². The average Bonchev–Trinajstić information content (AvgIpc) is 2.68. The number of hydrogen-bond donors (Lipinski definition) is 2. The summed E-state index contributed by atoms with van der Waals surface area (Å²) >= 11 is 1.69. The summed E-state index contributed by atoms with van der Waals surface area (Å²) < 4.78 is 1.20. The molecule has 0 aliphatic carbocycles. The van der Waals surface area contributed by atoms with Crippen LogP contribution < -0.4 is 5.73 Å². The van der Waals surface area contributed by atoms with Crippen molar-refractivity contribution in [2.45, 2.75) is 18.9 Å². The van der Waals surface area contributed by atoms with Crippen LogP contribution in [0, 0.1) is 0 Å². The molecule has 0 saturated heterocycles. The van der Waals surface area contributed by atoms with Gasteiger partial charge in [-0.15, -0.1) is 11.3 Å². The molecule has 2 rings (SSSR count). The normalized spacial score (nSPS) is 13.2. The number of rotatable bonds is 4. The molecule has 0 fully saturated rings. The van der Waals surface area contributed by atoms with Gasteiger partial charge in [0.25, 0.3) is 0 Å². The van der Waals surface area contributed by atoms with Gasteiger partial charge in [-0.2, -0.15) is 0 Å². The minimum absolute atomic E-state index is 0.324. The monoisotopic (exact) mass is 222 g/mol.